The van der Waals surface area contributed by atoms with Crippen molar-refractivity contribution in [2.75, 3.05) is 10.5 Å². The Morgan fingerprint density at radius 2 is 1.73 bits per heavy atom. The zero-order valence-corrected chi connectivity index (χ0v) is 19.2. The number of hydrogen-bond donors (Lipinski definition) is 2. The Labute approximate surface area is 193 Å². The Morgan fingerprint density at radius 1 is 0.970 bits per heavy atom. The first kappa shape index (κ1) is 22.5. The second-order valence-electron chi connectivity index (χ2n) is 7.86. The fourth-order valence-corrected chi connectivity index (χ4v) is 4.73. The number of rotatable bonds is 9. The summed E-state index contributed by atoms with van der Waals surface area (Å²) in [5.41, 5.74) is 4.96. The minimum absolute atomic E-state index is 0.0382. The number of carbonyl (C=O) groups is 1. The molecule has 1 amide bonds. The maximum absolute atomic E-state index is 12.6. The molecule has 0 aliphatic heterocycles. The van der Waals surface area contributed by atoms with Crippen molar-refractivity contribution in [3.8, 4) is 0 Å². The lowest BCUT2D eigenvalue weighted by Gasteiger charge is -2.10. The molecule has 0 fully saturated rings. The van der Waals surface area contributed by atoms with Crippen LogP contribution in [0.1, 0.15) is 34.8 Å². The first-order valence-corrected chi connectivity index (χ1v) is 12.5. The van der Waals surface area contributed by atoms with E-state index < -0.39 is 10.0 Å². The molecule has 3 aromatic carbocycles. The molecule has 4 aromatic rings. The van der Waals surface area contributed by atoms with Crippen molar-refractivity contribution in [3.63, 3.8) is 0 Å². The second-order valence-corrected chi connectivity index (χ2v) is 9.70. The molecule has 0 radical (unpaired) electrons. The molecule has 0 aliphatic carbocycles. The summed E-state index contributed by atoms with van der Waals surface area (Å²) in [6.45, 7) is 2.89. The standard InChI is InChI=1S/C25H26N4O3S/c1-2-14-33(31,32)28-22-7-5-6-21(15-22)25(30)26-16-19-10-12-20(13-11-19)17-29-18-27-23-8-3-4-9-24(23)29/h3-13,15,18,28H,2,14,16-17H2,1H3,(H,26,30). The Hall–Kier alpha value is -3.65. The highest BCUT2D eigenvalue weighted by Crippen LogP contribution is 2.15. The van der Waals surface area contributed by atoms with Crippen molar-refractivity contribution in [2.24, 2.45) is 0 Å². The third kappa shape index (κ3) is 5.78. The molecule has 0 unspecified atom stereocenters. The van der Waals surface area contributed by atoms with Crippen molar-refractivity contribution in [1.29, 1.82) is 0 Å². The van der Waals surface area contributed by atoms with Crippen LogP contribution in [0.3, 0.4) is 0 Å². The predicted octanol–water partition coefficient (Wildman–Crippen LogP) is 4.17. The molecule has 33 heavy (non-hydrogen) atoms. The van der Waals surface area contributed by atoms with Crippen LogP contribution in [0, 0.1) is 0 Å². The second kappa shape index (κ2) is 9.87. The summed E-state index contributed by atoms with van der Waals surface area (Å²) in [6.07, 6.45) is 2.36. The van der Waals surface area contributed by atoms with Crippen molar-refractivity contribution in [2.45, 2.75) is 26.4 Å². The van der Waals surface area contributed by atoms with Crippen molar-refractivity contribution < 1.29 is 13.2 Å². The molecular formula is C25H26N4O3S. The number of benzene rings is 3. The zero-order chi connectivity index (χ0) is 23.3. The largest absolute Gasteiger partial charge is 0.348 e. The van der Waals surface area contributed by atoms with E-state index in [1.54, 1.807) is 31.2 Å². The number of nitrogens with zero attached hydrogens (tertiary/aromatic N) is 2. The van der Waals surface area contributed by atoms with E-state index in [1.165, 1.54) is 0 Å². The summed E-state index contributed by atoms with van der Waals surface area (Å²) in [7, 11) is -3.41. The molecule has 0 atom stereocenters. The molecule has 0 saturated carbocycles. The average Bonchev–Trinajstić information content (AvgIpc) is 3.21. The number of imidazole rings is 1. The van der Waals surface area contributed by atoms with Crippen LogP contribution in [-0.2, 0) is 23.1 Å². The fraction of sp³-hybridized carbons (Fsp3) is 0.200. The van der Waals surface area contributed by atoms with E-state index in [4.69, 9.17) is 0 Å². The first-order chi connectivity index (χ1) is 15.9. The minimum atomic E-state index is -3.41. The molecule has 8 heteroatoms. The molecule has 1 aromatic heterocycles. The Bertz CT molecular complexity index is 1360. The highest BCUT2D eigenvalue weighted by molar-refractivity contribution is 7.92. The van der Waals surface area contributed by atoms with Gasteiger partial charge in [0.2, 0.25) is 10.0 Å². The monoisotopic (exact) mass is 462 g/mol. The number of carbonyl (C=O) groups excluding carboxylic acids is 1. The lowest BCUT2D eigenvalue weighted by Crippen LogP contribution is -2.23. The average molecular weight is 463 g/mol. The van der Waals surface area contributed by atoms with Crippen molar-refractivity contribution >= 4 is 32.7 Å². The van der Waals surface area contributed by atoms with Crippen LogP contribution in [0.2, 0.25) is 0 Å². The smallest absolute Gasteiger partial charge is 0.251 e. The van der Waals surface area contributed by atoms with E-state index >= 15 is 0 Å². The van der Waals surface area contributed by atoms with Crippen molar-refractivity contribution in [3.05, 3.63) is 95.8 Å². The summed E-state index contributed by atoms with van der Waals surface area (Å²) in [4.78, 5) is 17.0. The van der Waals surface area contributed by atoms with E-state index in [9.17, 15) is 13.2 Å². The van der Waals surface area contributed by atoms with E-state index in [0.29, 0.717) is 30.8 Å². The SMILES string of the molecule is CCCS(=O)(=O)Nc1cccc(C(=O)NCc2ccc(Cn3cnc4ccccc43)cc2)c1. The lowest BCUT2D eigenvalue weighted by atomic mass is 10.1. The van der Waals surface area contributed by atoms with Gasteiger partial charge in [-0.3, -0.25) is 9.52 Å². The van der Waals surface area contributed by atoms with E-state index in [2.05, 4.69) is 25.7 Å². The highest BCUT2D eigenvalue weighted by Gasteiger charge is 2.11. The van der Waals surface area contributed by atoms with Crippen LogP contribution >= 0.6 is 0 Å². The topological polar surface area (TPSA) is 93.1 Å². The van der Waals surface area contributed by atoms with Crippen LogP contribution in [-0.4, -0.2) is 29.6 Å². The molecule has 0 spiro atoms. The van der Waals surface area contributed by atoms with Gasteiger partial charge in [-0.1, -0.05) is 49.4 Å². The van der Waals surface area contributed by atoms with Gasteiger partial charge in [-0.05, 0) is 47.9 Å². The summed E-state index contributed by atoms with van der Waals surface area (Å²) < 4.78 is 28.5. The Kier molecular flexibility index (Phi) is 6.74. The molecule has 0 aliphatic rings. The number of amides is 1. The van der Waals surface area contributed by atoms with E-state index in [1.807, 2.05) is 48.8 Å². The molecular weight excluding hydrogens is 436 g/mol. The maximum atomic E-state index is 12.6. The van der Waals surface area contributed by atoms with Crippen LogP contribution in [0.15, 0.2) is 79.1 Å². The normalized spacial score (nSPS) is 11.4. The molecule has 7 nitrogen and oxygen atoms in total. The van der Waals surface area contributed by atoms with Gasteiger partial charge in [-0.2, -0.15) is 0 Å². The van der Waals surface area contributed by atoms with Crippen LogP contribution in [0.5, 0.6) is 0 Å². The molecule has 170 valence electrons. The maximum Gasteiger partial charge on any atom is 0.251 e. The molecule has 0 saturated heterocycles. The zero-order valence-electron chi connectivity index (χ0n) is 18.4. The third-order valence-corrected chi connectivity index (χ3v) is 6.72. The van der Waals surface area contributed by atoms with Gasteiger partial charge in [0.1, 0.15) is 0 Å². The summed E-state index contributed by atoms with van der Waals surface area (Å²) in [6, 6.07) is 22.6. The Balaban J connectivity index is 1.35. The van der Waals surface area contributed by atoms with Crippen molar-refractivity contribution in [1.82, 2.24) is 14.9 Å². The Morgan fingerprint density at radius 3 is 2.52 bits per heavy atom. The van der Waals surface area contributed by atoms with Gasteiger partial charge in [0, 0.05) is 24.3 Å². The number of hydrogen-bond acceptors (Lipinski definition) is 4. The molecule has 1 heterocycles. The van der Waals surface area contributed by atoms with Gasteiger partial charge in [-0.15, -0.1) is 0 Å². The molecule has 4 rings (SSSR count). The third-order valence-electron chi connectivity index (χ3n) is 5.23. The predicted molar refractivity (Wildman–Crippen MR) is 131 cm³/mol. The van der Waals surface area contributed by atoms with Gasteiger partial charge in [0.25, 0.3) is 5.91 Å². The van der Waals surface area contributed by atoms with Crippen LogP contribution in [0.4, 0.5) is 5.69 Å². The van der Waals surface area contributed by atoms with Gasteiger partial charge >= 0.3 is 0 Å². The quantitative estimate of drug-likeness (QED) is 0.390. The number of sulfonamides is 1. The van der Waals surface area contributed by atoms with Crippen LogP contribution < -0.4 is 10.0 Å². The lowest BCUT2D eigenvalue weighted by molar-refractivity contribution is 0.0951. The van der Waals surface area contributed by atoms with Gasteiger partial charge in [0.05, 0.1) is 23.1 Å². The van der Waals surface area contributed by atoms with Gasteiger partial charge in [0.15, 0.2) is 0 Å². The highest BCUT2D eigenvalue weighted by atomic mass is 32.2. The summed E-state index contributed by atoms with van der Waals surface area (Å²) >= 11 is 0. The summed E-state index contributed by atoms with van der Waals surface area (Å²) in [5, 5.41) is 2.89. The minimum Gasteiger partial charge on any atom is -0.348 e. The molecule has 2 N–H and O–H groups in total. The van der Waals surface area contributed by atoms with Gasteiger partial charge < -0.3 is 9.88 Å². The van der Waals surface area contributed by atoms with E-state index in [-0.39, 0.29) is 11.7 Å². The van der Waals surface area contributed by atoms with Gasteiger partial charge in [-0.25, -0.2) is 13.4 Å². The number of nitrogens with one attached hydrogen (secondary N) is 2. The number of anilines is 1. The van der Waals surface area contributed by atoms with Crippen LogP contribution in [0.25, 0.3) is 11.0 Å². The van der Waals surface area contributed by atoms with E-state index in [0.717, 1.165) is 22.2 Å². The molecule has 0 bridgehead atoms. The number of aromatic nitrogens is 2. The fourth-order valence-electron chi connectivity index (χ4n) is 3.60. The first-order valence-electron chi connectivity index (χ1n) is 10.8. The number of para-hydroxylation sites is 2. The number of fused-ring (bicyclic) bond motifs is 1. The summed E-state index contributed by atoms with van der Waals surface area (Å²) in [5.74, 6) is -0.225.